The van der Waals surface area contributed by atoms with E-state index in [1.165, 1.54) is 0 Å². The van der Waals surface area contributed by atoms with E-state index in [4.69, 9.17) is 11.6 Å². The molecule has 0 aliphatic carbocycles. The molecule has 190 valence electrons. The number of ketones is 2. The van der Waals surface area contributed by atoms with Crippen molar-refractivity contribution in [2.75, 3.05) is 10.2 Å². The second-order valence-corrected chi connectivity index (χ2v) is 10.5. The lowest BCUT2D eigenvalue weighted by Crippen LogP contribution is -2.51. The standard InChI is InChI=1S/C33H23ClN2O3/c34-24-15-7-5-13-22(24)31(38)28-29(30(37)21-11-2-1-3-12-21)36-26-17-9-4-10-20(26)18-19-27(36)33(28)23-14-6-8-16-25(23)35-32(33)39/h1-19,27-29H,(H,35,39)/t27-,28+,29-,33+/m0/s1. The Balaban J connectivity index is 1.56. The number of para-hydroxylation sites is 2. The van der Waals surface area contributed by atoms with Crippen molar-refractivity contribution in [2.24, 2.45) is 5.92 Å². The number of rotatable bonds is 4. The summed E-state index contributed by atoms with van der Waals surface area (Å²) in [6.45, 7) is 0. The monoisotopic (exact) mass is 530 g/mol. The lowest BCUT2D eigenvalue weighted by Gasteiger charge is -2.37. The van der Waals surface area contributed by atoms with E-state index in [2.05, 4.69) is 5.32 Å². The van der Waals surface area contributed by atoms with Crippen LogP contribution < -0.4 is 10.2 Å². The molecule has 7 rings (SSSR count). The largest absolute Gasteiger partial charge is 0.352 e. The Labute approximate surface area is 230 Å². The van der Waals surface area contributed by atoms with Gasteiger partial charge in [0.25, 0.3) is 0 Å². The molecule has 3 aliphatic heterocycles. The molecule has 1 N–H and O–H groups in total. The lowest BCUT2D eigenvalue weighted by molar-refractivity contribution is -0.121. The van der Waals surface area contributed by atoms with Gasteiger partial charge >= 0.3 is 0 Å². The summed E-state index contributed by atoms with van der Waals surface area (Å²) in [5.74, 6) is -1.89. The first-order valence-electron chi connectivity index (χ1n) is 12.9. The van der Waals surface area contributed by atoms with Crippen LogP contribution in [0.4, 0.5) is 11.4 Å². The fraction of sp³-hybridized carbons (Fsp3) is 0.121. The highest BCUT2D eigenvalue weighted by molar-refractivity contribution is 6.34. The zero-order chi connectivity index (χ0) is 26.7. The average Bonchev–Trinajstić information content (AvgIpc) is 3.45. The topological polar surface area (TPSA) is 66.5 Å². The van der Waals surface area contributed by atoms with Gasteiger partial charge in [0.15, 0.2) is 11.6 Å². The highest BCUT2D eigenvalue weighted by Crippen LogP contribution is 2.58. The molecule has 39 heavy (non-hydrogen) atoms. The van der Waals surface area contributed by atoms with E-state index in [0.29, 0.717) is 22.4 Å². The lowest BCUT2D eigenvalue weighted by atomic mass is 9.64. The van der Waals surface area contributed by atoms with Crippen LogP contribution in [0.15, 0.2) is 109 Å². The van der Waals surface area contributed by atoms with Crippen LogP contribution in [0.2, 0.25) is 5.02 Å². The minimum absolute atomic E-state index is 0.217. The molecule has 5 nitrogen and oxygen atoms in total. The Morgan fingerprint density at radius 1 is 0.795 bits per heavy atom. The Kier molecular flexibility index (Phi) is 5.32. The summed E-state index contributed by atoms with van der Waals surface area (Å²) in [6, 6.07) is 29.5. The number of nitrogens with one attached hydrogen (secondary N) is 1. The van der Waals surface area contributed by atoms with E-state index in [-0.39, 0.29) is 22.5 Å². The van der Waals surface area contributed by atoms with Crippen LogP contribution in [-0.4, -0.2) is 29.6 Å². The van der Waals surface area contributed by atoms with E-state index in [0.717, 1.165) is 11.3 Å². The molecule has 0 aromatic heterocycles. The molecule has 0 bridgehead atoms. The van der Waals surface area contributed by atoms with E-state index < -0.39 is 23.4 Å². The second-order valence-electron chi connectivity index (χ2n) is 10.1. The van der Waals surface area contributed by atoms with Gasteiger partial charge in [0.1, 0.15) is 11.5 Å². The number of carbonyl (C=O) groups excluding carboxylic acids is 3. The summed E-state index contributed by atoms with van der Waals surface area (Å²) in [5.41, 5.74) is 2.52. The van der Waals surface area contributed by atoms with Gasteiger partial charge in [-0.3, -0.25) is 14.4 Å². The van der Waals surface area contributed by atoms with E-state index in [1.807, 2.05) is 83.8 Å². The Morgan fingerprint density at radius 3 is 2.31 bits per heavy atom. The van der Waals surface area contributed by atoms with Gasteiger partial charge in [-0.05, 0) is 35.4 Å². The maximum atomic E-state index is 14.7. The molecule has 1 fully saturated rings. The summed E-state index contributed by atoms with van der Waals surface area (Å²) in [7, 11) is 0. The number of amides is 1. The highest BCUT2D eigenvalue weighted by Gasteiger charge is 2.70. The summed E-state index contributed by atoms with van der Waals surface area (Å²) >= 11 is 6.57. The van der Waals surface area contributed by atoms with Crippen molar-refractivity contribution < 1.29 is 14.4 Å². The fourth-order valence-electron chi connectivity index (χ4n) is 6.72. The predicted molar refractivity (Wildman–Crippen MR) is 152 cm³/mol. The summed E-state index contributed by atoms with van der Waals surface area (Å²) in [4.78, 5) is 45.5. The predicted octanol–water partition coefficient (Wildman–Crippen LogP) is 6.20. The van der Waals surface area contributed by atoms with E-state index >= 15 is 0 Å². The van der Waals surface area contributed by atoms with E-state index in [1.54, 1.807) is 36.4 Å². The second kappa shape index (κ2) is 8.79. The molecule has 4 atom stereocenters. The molecule has 0 saturated carbocycles. The quantitative estimate of drug-likeness (QED) is 0.319. The number of benzene rings is 4. The van der Waals surface area contributed by atoms with Gasteiger partial charge < -0.3 is 10.2 Å². The van der Waals surface area contributed by atoms with Crippen molar-refractivity contribution in [1.29, 1.82) is 0 Å². The van der Waals surface area contributed by atoms with Crippen LogP contribution in [0.1, 0.15) is 31.8 Å². The molecule has 1 amide bonds. The van der Waals surface area contributed by atoms with Gasteiger partial charge in [0.2, 0.25) is 5.91 Å². The number of carbonyl (C=O) groups is 3. The van der Waals surface area contributed by atoms with Gasteiger partial charge in [-0.25, -0.2) is 0 Å². The molecule has 1 spiro atoms. The van der Waals surface area contributed by atoms with Gasteiger partial charge in [0.05, 0.1) is 17.0 Å². The third kappa shape index (κ3) is 3.23. The van der Waals surface area contributed by atoms with Crippen LogP contribution >= 0.6 is 11.6 Å². The van der Waals surface area contributed by atoms with Crippen molar-refractivity contribution >= 4 is 46.5 Å². The van der Waals surface area contributed by atoms with Crippen LogP contribution in [0.5, 0.6) is 0 Å². The molecule has 3 heterocycles. The first-order chi connectivity index (χ1) is 19.0. The number of anilines is 2. The number of Topliss-reactive ketones (excluding diaryl/α,β-unsaturated/α-hetero) is 2. The third-order valence-electron chi connectivity index (χ3n) is 8.29. The normalized spacial score (nSPS) is 24.2. The molecule has 4 aromatic rings. The molecule has 6 heteroatoms. The van der Waals surface area contributed by atoms with Crippen molar-refractivity contribution in [3.63, 3.8) is 0 Å². The smallest absolute Gasteiger partial charge is 0.238 e. The fourth-order valence-corrected chi connectivity index (χ4v) is 6.95. The Morgan fingerprint density at radius 2 is 1.49 bits per heavy atom. The van der Waals surface area contributed by atoms with Crippen molar-refractivity contribution in [3.05, 3.63) is 136 Å². The van der Waals surface area contributed by atoms with Gasteiger partial charge in [-0.1, -0.05) is 103 Å². The summed E-state index contributed by atoms with van der Waals surface area (Å²) in [6.07, 6.45) is 3.95. The molecule has 3 aliphatic rings. The van der Waals surface area contributed by atoms with Crippen molar-refractivity contribution in [3.8, 4) is 0 Å². The first kappa shape index (κ1) is 23.6. The SMILES string of the molecule is O=C(c1ccccc1)[C@@H]1[C@H](C(=O)c2ccccc2Cl)[C@]2(C(=O)Nc3ccccc32)[C@@H]2C=Cc3ccccc3N12. The molecule has 0 radical (unpaired) electrons. The minimum Gasteiger partial charge on any atom is -0.352 e. The van der Waals surface area contributed by atoms with Crippen molar-refractivity contribution in [2.45, 2.75) is 17.5 Å². The van der Waals surface area contributed by atoms with Crippen molar-refractivity contribution in [1.82, 2.24) is 0 Å². The van der Waals surface area contributed by atoms with Gasteiger partial charge in [-0.15, -0.1) is 0 Å². The average molecular weight is 531 g/mol. The third-order valence-corrected chi connectivity index (χ3v) is 8.62. The number of halogens is 1. The molecule has 4 aromatic carbocycles. The minimum atomic E-state index is -1.36. The van der Waals surface area contributed by atoms with Gasteiger partial charge in [0, 0.05) is 22.5 Å². The highest BCUT2D eigenvalue weighted by atomic mass is 35.5. The van der Waals surface area contributed by atoms with Crippen LogP contribution in [0.3, 0.4) is 0 Å². The maximum absolute atomic E-state index is 14.7. The maximum Gasteiger partial charge on any atom is 0.238 e. The molecular formula is C33H23ClN2O3. The zero-order valence-electron chi connectivity index (χ0n) is 20.8. The molecule has 0 unspecified atom stereocenters. The Hall–Kier alpha value is -4.48. The zero-order valence-corrected chi connectivity index (χ0v) is 21.5. The summed E-state index contributed by atoms with van der Waals surface area (Å²) in [5, 5.41) is 3.33. The number of fused-ring (bicyclic) bond motifs is 6. The van der Waals surface area contributed by atoms with Crippen LogP contribution in [0.25, 0.3) is 6.08 Å². The first-order valence-corrected chi connectivity index (χ1v) is 13.3. The van der Waals surface area contributed by atoms with E-state index in [9.17, 15) is 14.4 Å². The molecule has 1 saturated heterocycles. The number of nitrogens with zero attached hydrogens (tertiary/aromatic N) is 1. The van der Waals surface area contributed by atoms with Crippen LogP contribution in [-0.2, 0) is 10.2 Å². The van der Waals surface area contributed by atoms with Crippen LogP contribution in [0, 0.1) is 5.92 Å². The van der Waals surface area contributed by atoms with Gasteiger partial charge in [-0.2, -0.15) is 0 Å². The molecular weight excluding hydrogens is 508 g/mol. The Bertz CT molecular complexity index is 1700. The number of hydrogen-bond donors (Lipinski definition) is 1. The number of hydrogen-bond acceptors (Lipinski definition) is 4. The summed E-state index contributed by atoms with van der Waals surface area (Å²) < 4.78 is 0.